The van der Waals surface area contributed by atoms with E-state index >= 15 is 0 Å². The minimum Gasteiger partial charge on any atom is -0.496 e. The van der Waals surface area contributed by atoms with E-state index in [9.17, 15) is 22.4 Å². The number of aromatic amines is 1. The number of ketones is 1. The number of ether oxygens (including phenoxy) is 3. The largest absolute Gasteiger partial charge is 0.573 e. The quantitative estimate of drug-likeness (QED) is 0.486. The molecule has 3 aromatic rings. The molecule has 0 spiro atoms. The molecule has 0 atom stereocenters. The minimum atomic E-state index is -4.91. The van der Waals surface area contributed by atoms with Crippen LogP contribution in [0, 0.1) is 5.82 Å². The van der Waals surface area contributed by atoms with E-state index in [1.807, 2.05) is 0 Å². The van der Waals surface area contributed by atoms with Gasteiger partial charge < -0.3 is 19.2 Å². The lowest BCUT2D eigenvalue weighted by Gasteiger charge is -2.13. The number of Topliss-reactive ketones (excluding diaryl/α,β-unsaturated/α-hetero) is 1. The Bertz CT molecular complexity index is 1030. The van der Waals surface area contributed by atoms with Gasteiger partial charge in [0.05, 0.1) is 19.7 Å². The fourth-order valence-electron chi connectivity index (χ4n) is 2.86. The zero-order valence-electron chi connectivity index (χ0n) is 14.8. The van der Waals surface area contributed by atoms with Gasteiger partial charge in [-0.15, -0.1) is 13.2 Å². The van der Waals surface area contributed by atoms with E-state index in [0.717, 1.165) is 12.1 Å². The number of carbonyl (C=O) groups is 1. The standard InChI is InChI=1S/C19H15F4NO4/c1-26-16-6-11(20)4-3-10(16)5-15(25)13-9-24-14-8-17(27-2)18(7-12(13)14)28-19(21,22)23/h3-4,6-9,24H,5H2,1-2H3. The number of hydrogen-bond acceptors (Lipinski definition) is 4. The predicted molar refractivity (Wildman–Crippen MR) is 92.5 cm³/mol. The third-order valence-corrected chi connectivity index (χ3v) is 4.09. The molecule has 0 aliphatic carbocycles. The predicted octanol–water partition coefficient (Wildman–Crippen LogP) is 4.65. The van der Waals surface area contributed by atoms with E-state index in [0.29, 0.717) is 11.1 Å². The zero-order chi connectivity index (χ0) is 20.5. The lowest BCUT2D eigenvalue weighted by molar-refractivity contribution is -0.275. The molecule has 0 amide bonds. The Labute approximate surface area is 156 Å². The number of benzene rings is 2. The third-order valence-electron chi connectivity index (χ3n) is 4.09. The Morgan fingerprint density at radius 2 is 1.75 bits per heavy atom. The molecule has 2 aromatic carbocycles. The highest BCUT2D eigenvalue weighted by atomic mass is 19.4. The van der Waals surface area contributed by atoms with Crippen molar-refractivity contribution in [3.63, 3.8) is 0 Å². The maximum atomic E-state index is 13.3. The summed E-state index contributed by atoms with van der Waals surface area (Å²) in [5, 5.41) is 0.242. The van der Waals surface area contributed by atoms with Crippen LogP contribution in [-0.2, 0) is 6.42 Å². The number of nitrogens with one attached hydrogen (secondary N) is 1. The second-order valence-corrected chi connectivity index (χ2v) is 5.85. The summed E-state index contributed by atoms with van der Waals surface area (Å²) in [6.07, 6.45) is -3.65. The second kappa shape index (κ2) is 7.41. The lowest BCUT2D eigenvalue weighted by Crippen LogP contribution is -2.17. The summed E-state index contributed by atoms with van der Waals surface area (Å²) in [6.45, 7) is 0. The number of methoxy groups -OCH3 is 2. The van der Waals surface area contributed by atoms with E-state index in [1.165, 1.54) is 38.6 Å². The van der Waals surface area contributed by atoms with Crippen LogP contribution in [0.15, 0.2) is 36.5 Å². The summed E-state index contributed by atoms with van der Waals surface area (Å²) >= 11 is 0. The van der Waals surface area contributed by atoms with Crippen molar-refractivity contribution in [2.24, 2.45) is 0 Å². The van der Waals surface area contributed by atoms with Gasteiger partial charge in [0.2, 0.25) is 0 Å². The number of aromatic nitrogens is 1. The Morgan fingerprint density at radius 1 is 1.04 bits per heavy atom. The normalized spacial score (nSPS) is 11.5. The van der Waals surface area contributed by atoms with Crippen molar-refractivity contribution >= 4 is 16.7 Å². The maximum Gasteiger partial charge on any atom is 0.573 e. The Morgan fingerprint density at radius 3 is 2.39 bits per heavy atom. The second-order valence-electron chi connectivity index (χ2n) is 5.85. The first kappa shape index (κ1) is 19.5. The smallest absolute Gasteiger partial charge is 0.496 e. The molecule has 28 heavy (non-hydrogen) atoms. The van der Waals surface area contributed by atoms with E-state index in [2.05, 4.69) is 9.72 Å². The van der Waals surface area contributed by atoms with Crippen molar-refractivity contribution in [2.75, 3.05) is 14.2 Å². The Balaban J connectivity index is 1.99. The van der Waals surface area contributed by atoms with Gasteiger partial charge in [-0.25, -0.2) is 4.39 Å². The van der Waals surface area contributed by atoms with Crippen molar-refractivity contribution < 1.29 is 36.6 Å². The summed E-state index contributed by atoms with van der Waals surface area (Å²) in [5.74, 6) is -1.39. The van der Waals surface area contributed by atoms with Crippen LogP contribution in [0.25, 0.3) is 10.9 Å². The van der Waals surface area contributed by atoms with Crippen LogP contribution < -0.4 is 14.2 Å². The van der Waals surface area contributed by atoms with Crippen LogP contribution in [0.3, 0.4) is 0 Å². The van der Waals surface area contributed by atoms with Crippen LogP contribution >= 0.6 is 0 Å². The van der Waals surface area contributed by atoms with Crippen molar-refractivity contribution in [1.82, 2.24) is 4.98 Å². The van der Waals surface area contributed by atoms with Gasteiger partial charge >= 0.3 is 6.36 Å². The first-order valence-corrected chi connectivity index (χ1v) is 8.02. The number of H-pyrrole nitrogens is 1. The molecule has 0 bridgehead atoms. The summed E-state index contributed by atoms with van der Waals surface area (Å²) < 4.78 is 65.3. The average molecular weight is 397 g/mol. The number of hydrogen-bond donors (Lipinski definition) is 1. The molecule has 9 heteroatoms. The molecule has 0 fully saturated rings. The molecular formula is C19H15F4NO4. The molecule has 1 heterocycles. The van der Waals surface area contributed by atoms with Gasteiger partial charge in [0.25, 0.3) is 0 Å². The first-order chi connectivity index (χ1) is 13.2. The molecule has 1 aromatic heterocycles. The molecule has 3 rings (SSSR count). The molecule has 1 N–H and O–H groups in total. The zero-order valence-corrected chi connectivity index (χ0v) is 14.8. The SMILES string of the molecule is COc1cc(F)ccc1CC(=O)c1c[nH]c2cc(OC)c(OC(F)(F)F)cc12. The van der Waals surface area contributed by atoms with Gasteiger partial charge in [-0.2, -0.15) is 0 Å². The molecule has 0 aliphatic heterocycles. The van der Waals surface area contributed by atoms with Gasteiger partial charge in [-0.1, -0.05) is 6.07 Å². The van der Waals surface area contributed by atoms with Gasteiger partial charge in [0.15, 0.2) is 17.3 Å². The van der Waals surface area contributed by atoms with Crippen molar-refractivity contribution in [3.05, 3.63) is 53.5 Å². The highest BCUT2D eigenvalue weighted by Crippen LogP contribution is 2.37. The van der Waals surface area contributed by atoms with Crippen LogP contribution in [0.5, 0.6) is 17.2 Å². The molecular weight excluding hydrogens is 382 g/mol. The van der Waals surface area contributed by atoms with E-state index < -0.39 is 17.9 Å². The highest BCUT2D eigenvalue weighted by molar-refractivity contribution is 6.09. The number of fused-ring (bicyclic) bond motifs is 1. The molecule has 148 valence electrons. The maximum absolute atomic E-state index is 13.3. The van der Waals surface area contributed by atoms with Crippen LogP contribution in [-0.4, -0.2) is 31.3 Å². The number of halogens is 4. The van der Waals surface area contributed by atoms with E-state index in [4.69, 9.17) is 9.47 Å². The fourth-order valence-corrected chi connectivity index (χ4v) is 2.86. The number of carbonyl (C=O) groups excluding carboxylic acids is 1. The van der Waals surface area contributed by atoms with Gasteiger partial charge in [0, 0.05) is 41.3 Å². The lowest BCUT2D eigenvalue weighted by atomic mass is 10.0. The molecule has 0 saturated heterocycles. The van der Waals surface area contributed by atoms with Gasteiger partial charge in [-0.3, -0.25) is 4.79 Å². The first-order valence-electron chi connectivity index (χ1n) is 8.02. The number of rotatable bonds is 6. The van der Waals surface area contributed by atoms with Gasteiger partial charge in [-0.05, 0) is 12.1 Å². The monoisotopic (exact) mass is 397 g/mol. The summed E-state index contributed by atoms with van der Waals surface area (Å²) in [4.78, 5) is 15.6. The topological polar surface area (TPSA) is 60.6 Å². The van der Waals surface area contributed by atoms with Crippen molar-refractivity contribution in [1.29, 1.82) is 0 Å². The molecule has 0 radical (unpaired) electrons. The summed E-state index contributed by atoms with van der Waals surface area (Å²) in [6, 6.07) is 6.17. The van der Waals surface area contributed by atoms with Crippen molar-refractivity contribution in [3.8, 4) is 17.2 Å². The van der Waals surface area contributed by atoms with Crippen LogP contribution in [0.1, 0.15) is 15.9 Å². The van der Waals surface area contributed by atoms with E-state index in [-0.39, 0.29) is 34.7 Å². The molecule has 0 saturated carbocycles. The number of alkyl halides is 3. The minimum absolute atomic E-state index is 0.127. The van der Waals surface area contributed by atoms with E-state index in [1.54, 1.807) is 0 Å². The fraction of sp³-hybridized carbons (Fsp3) is 0.211. The summed E-state index contributed by atoms with van der Waals surface area (Å²) in [5.41, 5.74) is 1.01. The summed E-state index contributed by atoms with van der Waals surface area (Å²) in [7, 11) is 2.56. The molecule has 0 aliphatic rings. The van der Waals surface area contributed by atoms with Crippen molar-refractivity contribution in [2.45, 2.75) is 12.8 Å². The van der Waals surface area contributed by atoms with Crippen LogP contribution in [0.2, 0.25) is 0 Å². The van der Waals surface area contributed by atoms with Gasteiger partial charge in [0.1, 0.15) is 11.6 Å². The highest BCUT2D eigenvalue weighted by Gasteiger charge is 2.33. The Kier molecular flexibility index (Phi) is 5.17. The Hall–Kier alpha value is -3.23. The van der Waals surface area contributed by atoms with Crippen LogP contribution in [0.4, 0.5) is 17.6 Å². The average Bonchev–Trinajstić information content (AvgIpc) is 3.03. The molecule has 0 unspecified atom stereocenters. The molecule has 5 nitrogen and oxygen atoms in total. The third kappa shape index (κ3) is 4.03.